The van der Waals surface area contributed by atoms with Crippen molar-refractivity contribution in [2.24, 2.45) is 0 Å². The van der Waals surface area contributed by atoms with E-state index in [1.807, 2.05) is 109 Å². The smallest absolute Gasteiger partial charge is 0.0991 e. The van der Waals surface area contributed by atoms with Crippen molar-refractivity contribution in [2.45, 2.75) is 83.5 Å². The Balaban J connectivity index is 1.04. The van der Waals surface area contributed by atoms with Gasteiger partial charge in [0.05, 0.1) is 46.5 Å². The van der Waals surface area contributed by atoms with Gasteiger partial charge in [0.1, 0.15) is 0 Å². The number of hydrogen-bond acceptors (Lipinski definition) is 8. The van der Waals surface area contributed by atoms with Gasteiger partial charge in [0.15, 0.2) is 0 Å². The van der Waals surface area contributed by atoms with E-state index in [9.17, 15) is 21.0 Å². The minimum atomic E-state index is -0.329. The minimum absolute atomic E-state index is 0.329. The Labute approximate surface area is 525 Å². The number of nitrogens with zero attached hydrogens (tertiary/aromatic N) is 8. The Hall–Kier alpha value is -11.2. The van der Waals surface area contributed by atoms with Crippen LogP contribution < -0.4 is 19.6 Å². The van der Waals surface area contributed by atoms with Gasteiger partial charge >= 0.3 is 0 Å². The summed E-state index contributed by atoms with van der Waals surface area (Å²) in [4.78, 5) is 9.04. The van der Waals surface area contributed by atoms with Crippen LogP contribution in [0.4, 0.5) is 68.2 Å². The quantitative estimate of drug-likeness (QED) is 0.0551. The predicted molar refractivity (Wildman–Crippen MR) is 368 cm³/mol. The summed E-state index contributed by atoms with van der Waals surface area (Å²) in [6, 6.07) is 88.4. The minimum Gasteiger partial charge on any atom is -0.311 e. The van der Waals surface area contributed by atoms with Crippen molar-refractivity contribution >= 4 is 80.4 Å². The van der Waals surface area contributed by atoms with E-state index in [0.717, 1.165) is 131 Å². The molecule has 0 radical (unpaired) electrons. The lowest BCUT2D eigenvalue weighted by Gasteiger charge is -2.35. The lowest BCUT2D eigenvalue weighted by Crippen LogP contribution is -2.26. The highest BCUT2D eigenvalue weighted by atomic mass is 15.2. The molecule has 1 aliphatic carbocycles. The van der Waals surface area contributed by atoms with Crippen molar-refractivity contribution in [2.75, 3.05) is 19.6 Å². The first-order chi connectivity index (χ1) is 43.7. The van der Waals surface area contributed by atoms with E-state index in [1.165, 1.54) is 35.1 Å². The van der Waals surface area contributed by atoms with Gasteiger partial charge in [0, 0.05) is 73.7 Å². The largest absolute Gasteiger partial charge is 0.311 e. The second kappa shape index (κ2) is 27.5. The molecule has 0 aliphatic heterocycles. The van der Waals surface area contributed by atoms with Crippen LogP contribution in [0.2, 0.25) is 0 Å². The molecule has 0 unspecified atom stereocenters. The Morgan fingerprint density at radius 2 is 0.528 bits per heavy atom. The molecular weight excluding hydrogens is 1080 g/mol. The number of fused-ring (bicyclic) bond motifs is 3. The topological polar surface area (TPSA) is 108 Å². The van der Waals surface area contributed by atoms with Crippen LogP contribution in [0.25, 0.3) is 23.3 Å². The second-order valence-electron chi connectivity index (χ2n) is 22.8. The summed E-state index contributed by atoms with van der Waals surface area (Å²) in [6.07, 6.45) is 14.7. The zero-order valence-corrected chi connectivity index (χ0v) is 50.7. The van der Waals surface area contributed by atoms with Crippen molar-refractivity contribution in [3.05, 3.63) is 288 Å². The molecule has 0 heterocycles. The number of anilines is 12. The number of rotatable bonds is 24. The fraction of sp³-hybridized carbons (Fsp3) is 0.160. The first-order valence-electron chi connectivity index (χ1n) is 30.9. The molecule has 0 saturated heterocycles. The van der Waals surface area contributed by atoms with Crippen LogP contribution in [0.5, 0.6) is 0 Å². The average Bonchev–Trinajstić information content (AvgIpc) is 1.69. The average molecular weight is 1160 g/mol. The van der Waals surface area contributed by atoms with Gasteiger partial charge in [-0.1, -0.05) is 127 Å². The molecule has 0 atom stereocenters. The summed E-state index contributed by atoms with van der Waals surface area (Å²) in [5.74, 6) is 0. The maximum Gasteiger partial charge on any atom is 0.0991 e. The van der Waals surface area contributed by atoms with E-state index < -0.39 is 0 Å². The van der Waals surface area contributed by atoms with Gasteiger partial charge < -0.3 is 19.6 Å². The molecule has 0 fully saturated rings. The van der Waals surface area contributed by atoms with Gasteiger partial charge in [0.2, 0.25) is 0 Å². The molecule has 0 bridgehead atoms. The molecular formula is C81H70N8. The molecule has 8 heteroatoms. The third-order valence-electron chi connectivity index (χ3n) is 17.3. The molecule has 10 aromatic rings. The zero-order chi connectivity index (χ0) is 61.7. The number of unbranched alkanes of at least 4 members (excludes halogenated alkanes) is 6. The van der Waals surface area contributed by atoms with Crippen LogP contribution in [0, 0.1) is 45.3 Å². The van der Waals surface area contributed by atoms with Gasteiger partial charge in [-0.2, -0.15) is 21.0 Å². The standard InChI is InChI=1S/C81H70N8/c1-5-9-11-13-51-81(52-14-12-10-6-2)79-53-75(88(69-35-23-63(57-84)24-36-69)73-43-39-71(40-44-73)86(65-27-15-59(7-3)16-28-65)67-31-19-61(55-82)20-32-67)47-49-77(79)78-50-48-76(54-80(78)81)89(70-37-25-64(58-85)26-38-70)74-45-41-72(42-46-74)87(66-29-17-60(8-4)18-30-66)68-33-21-62(56-83)22-34-68/h7-8,15-50,53-54H,3-6,9-14,51-52H2,1-2H3. The molecule has 0 spiro atoms. The molecule has 0 saturated carbocycles. The molecule has 8 nitrogen and oxygen atoms in total. The molecule has 0 amide bonds. The van der Waals surface area contributed by atoms with Crippen molar-refractivity contribution in [3.63, 3.8) is 0 Å². The third-order valence-corrected chi connectivity index (χ3v) is 17.3. The summed E-state index contributed by atoms with van der Waals surface area (Å²) in [5, 5.41) is 39.4. The van der Waals surface area contributed by atoms with Crippen LogP contribution in [0.3, 0.4) is 0 Å². The lowest BCUT2D eigenvalue weighted by molar-refractivity contribution is 0.401. The Bertz CT molecular complexity index is 3990. The lowest BCUT2D eigenvalue weighted by atomic mass is 9.70. The monoisotopic (exact) mass is 1150 g/mol. The van der Waals surface area contributed by atoms with Crippen LogP contribution in [-0.4, -0.2) is 0 Å². The van der Waals surface area contributed by atoms with Gasteiger partial charge in [-0.15, -0.1) is 0 Å². The normalized spacial score (nSPS) is 11.6. The van der Waals surface area contributed by atoms with Gasteiger partial charge in [0.25, 0.3) is 0 Å². The molecule has 0 aromatic heterocycles. The second-order valence-corrected chi connectivity index (χ2v) is 22.8. The van der Waals surface area contributed by atoms with Crippen molar-refractivity contribution in [1.82, 2.24) is 0 Å². The first-order valence-corrected chi connectivity index (χ1v) is 30.9. The number of nitriles is 4. The summed E-state index contributed by atoms with van der Waals surface area (Å²) < 4.78 is 0. The fourth-order valence-electron chi connectivity index (χ4n) is 12.7. The third kappa shape index (κ3) is 12.6. The summed E-state index contributed by atoms with van der Waals surface area (Å²) in [5.41, 5.74) is 20.8. The number of benzene rings is 10. The highest BCUT2D eigenvalue weighted by molar-refractivity contribution is 5.90. The fourth-order valence-corrected chi connectivity index (χ4v) is 12.7. The molecule has 0 N–H and O–H groups in total. The van der Waals surface area contributed by atoms with E-state index >= 15 is 0 Å². The van der Waals surface area contributed by atoms with E-state index in [2.05, 4.69) is 204 Å². The van der Waals surface area contributed by atoms with Crippen LogP contribution in [0.1, 0.15) is 123 Å². The first kappa shape index (κ1) is 59.6. The maximum absolute atomic E-state index is 10.0. The molecule has 10 aromatic carbocycles. The molecule has 89 heavy (non-hydrogen) atoms. The van der Waals surface area contributed by atoms with Gasteiger partial charge in [-0.25, -0.2) is 0 Å². The van der Waals surface area contributed by atoms with Gasteiger partial charge in [-0.3, -0.25) is 0 Å². The summed E-state index contributed by atoms with van der Waals surface area (Å²) in [6.45, 7) is 12.5. The SMILES string of the molecule is C=Cc1ccc(N(c2ccc(C#N)cc2)c2ccc(N(c3ccc(C#N)cc3)c3ccc4c(c3)C(CCCCCC)(CCCCCC)c3cc(N(c5ccc(C#N)cc5)c5ccc(N(c6ccc(C#N)cc6)c6ccc(C=C)cc6)cc5)ccc3-4)cc2)cc1. The van der Waals surface area contributed by atoms with E-state index in [-0.39, 0.29) is 5.41 Å². The van der Waals surface area contributed by atoms with Crippen LogP contribution in [0.15, 0.2) is 244 Å². The Morgan fingerprint density at radius 1 is 0.303 bits per heavy atom. The Morgan fingerprint density at radius 3 is 0.764 bits per heavy atom. The van der Waals surface area contributed by atoms with Gasteiger partial charge in [-0.05, 0) is 240 Å². The van der Waals surface area contributed by atoms with Crippen molar-refractivity contribution in [1.29, 1.82) is 21.0 Å². The van der Waals surface area contributed by atoms with Crippen molar-refractivity contribution < 1.29 is 0 Å². The van der Waals surface area contributed by atoms with E-state index in [0.29, 0.717) is 22.3 Å². The highest BCUT2D eigenvalue weighted by Crippen LogP contribution is 2.57. The molecule has 1 aliphatic rings. The summed E-state index contributed by atoms with van der Waals surface area (Å²) >= 11 is 0. The van der Waals surface area contributed by atoms with Crippen molar-refractivity contribution in [3.8, 4) is 35.4 Å². The highest BCUT2D eigenvalue weighted by Gasteiger charge is 2.43. The maximum atomic E-state index is 10.0. The molecule has 434 valence electrons. The molecule has 11 rings (SSSR count). The van der Waals surface area contributed by atoms with E-state index in [1.54, 1.807) is 0 Å². The Kier molecular flexibility index (Phi) is 18.4. The van der Waals surface area contributed by atoms with Crippen LogP contribution >= 0.6 is 0 Å². The number of hydrogen-bond donors (Lipinski definition) is 0. The van der Waals surface area contributed by atoms with Crippen LogP contribution in [-0.2, 0) is 5.41 Å². The zero-order valence-electron chi connectivity index (χ0n) is 50.7. The van der Waals surface area contributed by atoms with E-state index in [4.69, 9.17) is 0 Å². The summed E-state index contributed by atoms with van der Waals surface area (Å²) in [7, 11) is 0. The predicted octanol–water partition coefficient (Wildman–Crippen LogP) is 22.5.